The van der Waals surface area contributed by atoms with Crippen molar-refractivity contribution in [2.45, 2.75) is 42.5 Å². The zero-order chi connectivity index (χ0) is 13.9. The third-order valence-electron chi connectivity index (χ3n) is 4.18. The second-order valence-corrected chi connectivity index (χ2v) is 5.84. The highest BCUT2D eigenvalue weighted by Gasteiger charge is 2.76. The molecule has 18 heavy (non-hydrogen) atoms. The van der Waals surface area contributed by atoms with Crippen LogP contribution in [0.1, 0.15) is 19.3 Å². The van der Waals surface area contributed by atoms with E-state index in [9.17, 15) is 31.4 Å². The Morgan fingerprint density at radius 1 is 0.889 bits per heavy atom. The van der Waals surface area contributed by atoms with E-state index in [2.05, 4.69) is 12.6 Å². The number of aliphatic hydroxyl groups is 1. The van der Waals surface area contributed by atoms with Gasteiger partial charge in [-0.2, -0.15) is 39.0 Å². The van der Waals surface area contributed by atoms with Crippen molar-refractivity contribution < 1.29 is 31.4 Å². The fraction of sp³-hybridized carbons (Fsp3) is 1.00. The first-order valence-electron chi connectivity index (χ1n) is 5.52. The van der Waals surface area contributed by atoms with E-state index in [1.807, 2.05) is 0 Å². The number of hydrogen-bond acceptors (Lipinski definition) is 2. The molecule has 0 aromatic carbocycles. The Labute approximate surface area is 105 Å². The van der Waals surface area contributed by atoms with Crippen molar-refractivity contribution in [1.29, 1.82) is 0 Å². The minimum Gasteiger partial charge on any atom is -0.373 e. The Balaban J connectivity index is 2.38. The van der Waals surface area contributed by atoms with E-state index in [0.717, 1.165) is 0 Å². The van der Waals surface area contributed by atoms with Gasteiger partial charge in [-0.3, -0.25) is 0 Å². The van der Waals surface area contributed by atoms with E-state index in [1.54, 1.807) is 0 Å². The molecule has 4 unspecified atom stereocenters. The van der Waals surface area contributed by atoms with E-state index in [-0.39, 0.29) is 18.8 Å². The molecule has 0 amide bonds. The fourth-order valence-corrected chi connectivity index (χ4v) is 4.00. The summed E-state index contributed by atoms with van der Waals surface area (Å²) >= 11 is 4.03. The van der Waals surface area contributed by atoms with Crippen LogP contribution in [0.4, 0.5) is 26.3 Å². The van der Waals surface area contributed by atoms with E-state index in [4.69, 9.17) is 0 Å². The molecular weight excluding hydrogens is 282 g/mol. The van der Waals surface area contributed by atoms with Crippen molar-refractivity contribution in [2.75, 3.05) is 0 Å². The number of halogens is 6. The Hall–Kier alpha value is -0.110. The minimum absolute atomic E-state index is 0.196. The highest BCUT2D eigenvalue weighted by Crippen LogP contribution is 2.60. The Bertz CT molecular complexity index is 324. The van der Waals surface area contributed by atoms with Crippen molar-refractivity contribution >= 4 is 12.6 Å². The molecule has 1 nitrogen and oxygen atoms in total. The maximum absolute atomic E-state index is 12.7. The predicted octanol–water partition coefficient (Wildman–Crippen LogP) is 3.19. The summed E-state index contributed by atoms with van der Waals surface area (Å²) in [7, 11) is 0. The smallest absolute Gasteiger partial charge is 0.373 e. The third kappa shape index (κ3) is 1.83. The number of alkyl halides is 6. The summed E-state index contributed by atoms with van der Waals surface area (Å²) in [6.07, 6.45) is -10.9. The molecule has 4 atom stereocenters. The van der Waals surface area contributed by atoms with Crippen molar-refractivity contribution in [3.8, 4) is 0 Å². The third-order valence-corrected chi connectivity index (χ3v) is 4.77. The van der Waals surface area contributed by atoms with E-state index in [1.165, 1.54) is 0 Å². The van der Waals surface area contributed by atoms with Gasteiger partial charge in [0, 0.05) is 11.2 Å². The molecule has 2 aliphatic rings. The minimum atomic E-state index is -5.71. The fourth-order valence-electron chi connectivity index (χ4n) is 3.37. The monoisotopic (exact) mass is 294 g/mol. The predicted molar refractivity (Wildman–Crippen MR) is 54.2 cm³/mol. The van der Waals surface area contributed by atoms with Crippen LogP contribution >= 0.6 is 12.6 Å². The second kappa shape index (κ2) is 3.94. The van der Waals surface area contributed by atoms with E-state index in [0.29, 0.717) is 6.42 Å². The lowest BCUT2D eigenvalue weighted by atomic mass is 9.75. The summed E-state index contributed by atoms with van der Waals surface area (Å²) in [6, 6.07) is 0. The molecule has 0 aliphatic heterocycles. The first-order valence-corrected chi connectivity index (χ1v) is 6.04. The Kier molecular flexibility index (Phi) is 3.13. The molecule has 0 radical (unpaired) electrons. The summed E-state index contributed by atoms with van der Waals surface area (Å²) in [6.45, 7) is 0. The average Bonchev–Trinajstić information content (AvgIpc) is 2.70. The highest BCUT2D eigenvalue weighted by atomic mass is 32.1. The van der Waals surface area contributed by atoms with Crippen LogP contribution in [0.15, 0.2) is 0 Å². The molecule has 0 aromatic heterocycles. The van der Waals surface area contributed by atoms with Crippen LogP contribution in [0.25, 0.3) is 0 Å². The van der Waals surface area contributed by atoms with Crippen LogP contribution in [0.5, 0.6) is 0 Å². The number of rotatable bonds is 1. The summed E-state index contributed by atoms with van der Waals surface area (Å²) in [5, 5.41) is 8.84. The molecule has 2 bridgehead atoms. The van der Waals surface area contributed by atoms with Crippen LogP contribution in [0.2, 0.25) is 0 Å². The maximum Gasteiger partial charge on any atom is 0.426 e. The first-order chi connectivity index (χ1) is 7.98. The van der Waals surface area contributed by atoms with Gasteiger partial charge in [0.1, 0.15) is 0 Å². The zero-order valence-electron chi connectivity index (χ0n) is 9.09. The number of thiol groups is 1. The molecule has 2 aliphatic carbocycles. The SMILES string of the molecule is OC(C1CC2CC(S)C1C2)(C(F)(F)F)C(F)(F)F. The van der Waals surface area contributed by atoms with Gasteiger partial charge in [-0.15, -0.1) is 0 Å². The van der Waals surface area contributed by atoms with Crippen molar-refractivity contribution in [1.82, 2.24) is 0 Å². The Morgan fingerprint density at radius 2 is 1.39 bits per heavy atom. The lowest BCUT2D eigenvalue weighted by molar-refractivity contribution is -0.388. The van der Waals surface area contributed by atoms with E-state index >= 15 is 0 Å². The van der Waals surface area contributed by atoms with Crippen molar-refractivity contribution in [2.24, 2.45) is 17.8 Å². The molecule has 8 heteroatoms. The van der Waals surface area contributed by atoms with Gasteiger partial charge in [0.2, 0.25) is 0 Å². The molecular formula is C10H12F6OS. The molecule has 2 rings (SSSR count). The van der Waals surface area contributed by atoms with Crippen molar-refractivity contribution in [3.05, 3.63) is 0 Å². The number of fused-ring (bicyclic) bond motifs is 2. The van der Waals surface area contributed by atoms with Gasteiger partial charge < -0.3 is 5.11 Å². The molecule has 0 heterocycles. The van der Waals surface area contributed by atoms with Crippen molar-refractivity contribution in [3.63, 3.8) is 0 Å². The summed E-state index contributed by atoms with van der Waals surface area (Å²) in [5.41, 5.74) is -4.61. The standard InChI is InChI=1S/C10H12F6OS/c11-9(12,13)8(17,10(14,15)16)6-2-4-1-5(6)7(18)3-4/h4-7,17-18H,1-3H2. The van der Waals surface area contributed by atoms with Crippen LogP contribution in [-0.2, 0) is 0 Å². The molecule has 0 spiro atoms. The van der Waals surface area contributed by atoms with Crippen LogP contribution in [0, 0.1) is 17.8 Å². The molecule has 2 fully saturated rings. The van der Waals surface area contributed by atoms with Gasteiger partial charge >= 0.3 is 12.4 Å². The normalized spacial score (nSPS) is 37.3. The molecule has 0 aromatic rings. The first kappa shape index (κ1) is 14.3. The zero-order valence-corrected chi connectivity index (χ0v) is 9.99. The summed E-state index contributed by atoms with van der Waals surface area (Å²) in [5.74, 6) is -2.86. The van der Waals surface area contributed by atoms with Gasteiger partial charge in [0.05, 0.1) is 0 Å². The molecule has 0 saturated heterocycles. The largest absolute Gasteiger partial charge is 0.426 e. The average molecular weight is 294 g/mol. The topological polar surface area (TPSA) is 20.2 Å². The second-order valence-electron chi connectivity index (χ2n) is 5.17. The molecule has 106 valence electrons. The number of hydrogen-bond donors (Lipinski definition) is 2. The van der Waals surface area contributed by atoms with Crippen LogP contribution in [0.3, 0.4) is 0 Å². The highest BCUT2D eigenvalue weighted by molar-refractivity contribution is 7.81. The lowest BCUT2D eigenvalue weighted by Gasteiger charge is -2.42. The quantitative estimate of drug-likeness (QED) is 0.562. The van der Waals surface area contributed by atoms with Gasteiger partial charge in [0.15, 0.2) is 0 Å². The van der Waals surface area contributed by atoms with Crippen LogP contribution in [-0.4, -0.2) is 28.3 Å². The maximum atomic E-state index is 12.7. The van der Waals surface area contributed by atoms with Gasteiger partial charge in [-0.05, 0) is 31.1 Å². The van der Waals surface area contributed by atoms with Crippen LogP contribution < -0.4 is 0 Å². The summed E-state index contributed by atoms with van der Waals surface area (Å²) < 4.78 is 76.3. The lowest BCUT2D eigenvalue weighted by Crippen LogP contribution is -2.63. The van der Waals surface area contributed by atoms with Gasteiger partial charge in [-0.25, -0.2) is 0 Å². The molecule has 2 saturated carbocycles. The van der Waals surface area contributed by atoms with Gasteiger partial charge in [0.25, 0.3) is 5.60 Å². The molecule has 1 N–H and O–H groups in total. The summed E-state index contributed by atoms with van der Waals surface area (Å²) in [4.78, 5) is 0. The van der Waals surface area contributed by atoms with Gasteiger partial charge in [-0.1, -0.05) is 0 Å². The van der Waals surface area contributed by atoms with E-state index < -0.39 is 35.0 Å². The Morgan fingerprint density at radius 3 is 1.72 bits per heavy atom.